The van der Waals surface area contributed by atoms with Gasteiger partial charge >= 0.3 is 0 Å². The van der Waals surface area contributed by atoms with Crippen molar-refractivity contribution in [2.24, 2.45) is 0 Å². The first-order valence-corrected chi connectivity index (χ1v) is 9.21. The minimum absolute atomic E-state index is 0.154. The fourth-order valence-corrected chi connectivity index (χ4v) is 3.19. The van der Waals surface area contributed by atoms with Crippen molar-refractivity contribution in [2.75, 3.05) is 18.5 Å². The van der Waals surface area contributed by atoms with Gasteiger partial charge in [0.1, 0.15) is 6.29 Å². The molecule has 0 radical (unpaired) electrons. The van der Waals surface area contributed by atoms with Gasteiger partial charge in [0.15, 0.2) is 18.1 Å². The van der Waals surface area contributed by atoms with Gasteiger partial charge in [-0.05, 0) is 61.7 Å². The van der Waals surface area contributed by atoms with E-state index in [1.165, 1.54) is 0 Å². The number of amides is 1. The van der Waals surface area contributed by atoms with Crippen LogP contribution in [0.15, 0.2) is 34.8 Å². The Morgan fingerprint density at radius 3 is 2.58 bits per heavy atom. The SMILES string of the molecule is CCOc1cc(C=O)ccc1OCC(=O)Nc1c(C)cc(Br)cc1CC. The second kappa shape index (κ2) is 9.38. The smallest absolute Gasteiger partial charge is 0.262 e. The van der Waals surface area contributed by atoms with E-state index >= 15 is 0 Å². The average molecular weight is 420 g/mol. The van der Waals surface area contributed by atoms with E-state index in [1.54, 1.807) is 18.2 Å². The minimum Gasteiger partial charge on any atom is -0.490 e. The maximum Gasteiger partial charge on any atom is 0.262 e. The van der Waals surface area contributed by atoms with Crippen LogP contribution in [-0.4, -0.2) is 25.4 Å². The summed E-state index contributed by atoms with van der Waals surface area (Å²) in [6.45, 7) is 6.11. The zero-order valence-electron chi connectivity index (χ0n) is 15.1. The van der Waals surface area contributed by atoms with Crippen LogP contribution in [0.2, 0.25) is 0 Å². The molecule has 2 rings (SSSR count). The van der Waals surface area contributed by atoms with Gasteiger partial charge < -0.3 is 14.8 Å². The highest BCUT2D eigenvalue weighted by Crippen LogP contribution is 2.29. The Balaban J connectivity index is 2.09. The number of carbonyl (C=O) groups excluding carboxylic acids is 2. The zero-order chi connectivity index (χ0) is 19.1. The summed E-state index contributed by atoms with van der Waals surface area (Å²) in [5.74, 6) is 0.613. The van der Waals surface area contributed by atoms with E-state index in [0.29, 0.717) is 23.7 Å². The quantitative estimate of drug-likeness (QED) is 0.637. The maximum absolute atomic E-state index is 12.3. The molecule has 0 heterocycles. The number of aldehydes is 1. The van der Waals surface area contributed by atoms with Gasteiger partial charge in [0.25, 0.3) is 5.91 Å². The molecule has 0 aliphatic heterocycles. The molecule has 0 saturated heterocycles. The van der Waals surface area contributed by atoms with Crippen molar-refractivity contribution < 1.29 is 19.1 Å². The molecule has 0 spiro atoms. The summed E-state index contributed by atoms with van der Waals surface area (Å²) in [6.07, 6.45) is 1.54. The number of hydrogen-bond donors (Lipinski definition) is 1. The molecule has 1 N–H and O–H groups in total. The van der Waals surface area contributed by atoms with Crippen LogP contribution in [0, 0.1) is 6.92 Å². The zero-order valence-corrected chi connectivity index (χ0v) is 16.7. The van der Waals surface area contributed by atoms with Crippen molar-refractivity contribution in [1.82, 2.24) is 0 Å². The van der Waals surface area contributed by atoms with Crippen LogP contribution in [-0.2, 0) is 11.2 Å². The van der Waals surface area contributed by atoms with E-state index in [2.05, 4.69) is 21.2 Å². The number of anilines is 1. The number of nitrogens with one attached hydrogen (secondary N) is 1. The van der Waals surface area contributed by atoms with E-state index in [1.807, 2.05) is 32.9 Å². The first kappa shape index (κ1) is 20.0. The standard InChI is InChI=1S/C20H22BrNO4/c1-4-15-10-16(21)8-13(3)20(15)22-19(24)12-26-17-7-6-14(11-23)9-18(17)25-5-2/h6-11H,4-5,12H2,1-3H3,(H,22,24). The third-order valence-electron chi connectivity index (χ3n) is 3.79. The molecular weight excluding hydrogens is 398 g/mol. The topological polar surface area (TPSA) is 64.6 Å². The van der Waals surface area contributed by atoms with Crippen molar-refractivity contribution in [3.63, 3.8) is 0 Å². The lowest BCUT2D eigenvalue weighted by Crippen LogP contribution is -2.21. The largest absolute Gasteiger partial charge is 0.490 e. The highest BCUT2D eigenvalue weighted by molar-refractivity contribution is 9.10. The number of hydrogen-bond acceptors (Lipinski definition) is 4. The summed E-state index contributed by atoms with van der Waals surface area (Å²) in [4.78, 5) is 23.2. The van der Waals surface area contributed by atoms with E-state index in [-0.39, 0.29) is 12.5 Å². The Kier molecular flexibility index (Phi) is 7.21. The van der Waals surface area contributed by atoms with Gasteiger partial charge in [-0.25, -0.2) is 0 Å². The fourth-order valence-electron chi connectivity index (χ4n) is 2.57. The van der Waals surface area contributed by atoms with E-state index < -0.39 is 0 Å². The van der Waals surface area contributed by atoms with Crippen LogP contribution in [0.3, 0.4) is 0 Å². The molecule has 26 heavy (non-hydrogen) atoms. The van der Waals surface area contributed by atoms with Gasteiger partial charge in [0.05, 0.1) is 6.61 Å². The van der Waals surface area contributed by atoms with Gasteiger partial charge in [0.2, 0.25) is 0 Å². The Hall–Kier alpha value is -2.34. The minimum atomic E-state index is -0.257. The molecule has 0 aliphatic carbocycles. The van der Waals surface area contributed by atoms with Crippen molar-refractivity contribution >= 4 is 33.8 Å². The van der Waals surface area contributed by atoms with Crippen LogP contribution in [0.4, 0.5) is 5.69 Å². The molecular formula is C20H22BrNO4. The molecule has 0 bridgehead atoms. The first-order chi connectivity index (χ1) is 12.5. The van der Waals surface area contributed by atoms with Gasteiger partial charge in [-0.2, -0.15) is 0 Å². The number of ether oxygens (including phenoxy) is 2. The molecule has 0 fully saturated rings. The predicted molar refractivity (Wildman–Crippen MR) is 105 cm³/mol. The third kappa shape index (κ3) is 5.08. The van der Waals surface area contributed by atoms with E-state index in [0.717, 1.165) is 34.0 Å². The Morgan fingerprint density at radius 1 is 1.15 bits per heavy atom. The first-order valence-electron chi connectivity index (χ1n) is 8.42. The molecule has 5 nitrogen and oxygen atoms in total. The van der Waals surface area contributed by atoms with Crippen LogP contribution in [0.5, 0.6) is 11.5 Å². The Bertz CT molecular complexity index is 805. The van der Waals surface area contributed by atoms with Gasteiger partial charge in [-0.1, -0.05) is 22.9 Å². The molecule has 0 unspecified atom stereocenters. The van der Waals surface area contributed by atoms with Crippen molar-refractivity contribution in [3.05, 3.63) is 51.5 Å². The lowest BCUT2D eigenvalue weighted by molar-refractivity contribution is -0.118. The Labute approximate surface area is 161 Å². The molecule has 1 amide bonds. The number of benzene rings is 2. The number of rotatable bonds is 8. The van der Waals surface area contributed by atoms with Crippen molar-refractivity contribution in [1.29, 1.82) is 0 Å². The second-order valence-electron chi connectivity index (χ2n) is 5.70. The lowest BCUT2D eigenvalue weighted by atomic mass is 10.1. The van der Waals surface area contributed by atoms with Crippen molar-refractivity contribution in [2.45, 2.75) is 27.2 Å². The number of halogens is 1. The van der Waals surface area contributed by atoms with Crippen LogP contribution < -0.4 is 14.8 Å². The van der Waals surface area contributed by atoms with E-state index in [9.17, 15) is 9.59 Å². The summed E-state index contributed by atoms with van der Waals surface area (Å²) in [7, 11) is 0. The van der Waals surface area contributed by atoms with Gasteiger partial charge in [0, 0.05) is 15.7 Å². The monoisotopic (exact) mass is 419 g/mol. The summed E-state index contributed by atoms with van der Waals surface area (Å²) >= 11 is 3.47. The molecule has 6 heteroatoms. The predicted octanol–water partition coefficient (Wildman–Crippen LogP) is 4.55. The molecule has 2 aromatic carbocycles. The average Bonchev–Trinajstić information content (AvgIpc) is 2.62. The fraction of sp³-hybridized carbons (Fsp3) is 0.300. The molecule has 138 valence electrons. The highest BCUT2D eigenvalue weighted by Gasteiger charge is 2.13. The Morgan fingerprint density at radius 2 is 1.92 bits per heavy atom. The maximum atomic E-state index is 12.3. The van der Waals surface area contributed by atoms with Crippen LogP contribution in [0.25, 0.3) is 0 Å². The summed E-state index contributed by atoms with van der Waals surface area (Å²) in [5.41, 5.74) is 3.33. The molecule has 0 atom stereocenters. The van der Waals surface area contributed by atoms with Gasteiger partial charge in [-0.3, -0.25) is 9.59 Å². The van der Waals surface area contributed by atoms with E-state index in [4.69, 9.17) is 9.47 Å². The van der Waals surface area contributed by atoms with Crippen LogP contribution in [0.1, 0.15) is 35.3 Å². The summed E-state index contributed by atoms with van der Waals surface area (Å²) < 4.78 is 12.1. The number of carbonyl (C=O) groups is 2. The number of aryl methyl sites for hydroxylation is 2. The summed E-state index contributed by atoms with van der Waals surface area (Å²) in [5, 5.41) is 2.92. The van der Waals surface area contributed by atoms with Crippen molar-refractivity contribution in [3.8, 4) is 11.5 Å². The molecule has 0 aromatic heterocycles. The van der Waals surface area contributed by atoms with Gasteiger partial charge in [-0.15, -0.1) is 0 Å². The molecule has 0 saturated carbocycles. The van der Waals surface area contributed by atoms with Crippen LogP contribution >= 0.6 is 15.9 Å². The molecule has 2 aromatic rings. The normalized spacial score (nSPS) is 10.3. The second-order valence-corrected chi connectivity index (χ2v) is 6.62. The third-order valence-corrected chi connectivity index (χ3v) is 4.25. The molecule has 0 aliphatic rings. The summed E-state index contributed by atoms with van der Waals surface area (Å²) in [6, 6.07) is 8.80. The lowest BCUT2D eigenvalue weighted by Gasteiger charge is -2.15. The highest BCUT2D eigenvalue weighted by atomic mass is 79.9.